The lowest BCUT2D eigenvalue weighted by Gasteiger charge is -2.32. The van der Waals surface area contributed by atoms with Crippen LogP contribution in [0.4, 0.5) is 16.2 Å². The minimum atomic E-state index is -0.223. The number of methoxy groups -OCH3 is 2. The summed E-state index contributed by atoms with van der Waals surface area (Å²) in [6.07, 6.45) is 4.73. The molecule has 7 nitrogen and oxygen atoms in total. The number of anilines is 2. The van der Waals surface area contributed by atoms with E-state index >= 15 is 0 Å². The van der Waals surface area contributed by atoms with Gasteiger partial charge in [-0.3, -0.25) is 4.90 Å². The van der Waals surface area contributed by atoms with Crippen molar-refractivity contribution in [1.82, 2.24) is 10.2 Å². The van der Waals surface area contributed by atoms with E-state index in [0.29, 0.717) is 23.7 Å². The van der Waals surface area contributed by atoms with Crippen LogP contribution in [0.1, 0.15) is 36.4 Å². The second kappa shape index (κ2) is 10.1. The molecule has 2 aromatic carbocycles. The highest BCUT2D eigenvalue weighted by atomic mass is 16.5. The van der Waals surface area contributed by atoms with Gasteiger partial charge in [-0.15, -0.1) is 0 Å². The quantitative estimate of drug-likeness (QED) is 0.683. The van der Waals surface area contributed by atoms with E-state index < -0.39 is 0 Å². The molecule has 0 saturated carbocycles. The maximum absolute atomic E-state index is 12.7. The molecule has 0 aromatic heterocycles. The standard InChI is InChI=1S/C25H34N4O3/c1-28-12-6-7-18-15-19(8-10-21(18)28)22(29-13-4-5-14-29)17-26-25(30)27-20-9-11-23(31-2)24(16-20)32-3/h8-11,15-16,22H,4-7,12-14,17H2,1-3H3,(H2,26,27,30). The zero-order chi connectivity index (χ0) is 22.5. The second-order valence-electron chi connectivity index (χ2n) is 8.58. The second-order valence-corrected chi connectivity index (χ2v) is 8.58. The van der Waals surface area contributed by atoms with Gasteiger partial charge in [0.2, 0.25) is 0 Å². The van der Waals surface area contributed by atoms with E-state index in [2.05, 4.69) is 45.7 Å². The van der Waals surface area contributed by atoms with Crippen LogP contribution >= 0.6 is 0 Å². The monoisotopic (exact) mass is 438 g/mol. The number of rotatable bonds is 7. The molecule has 0 spiro atoms. The topological polar surface area (TPSA) is 66.1 Å². The van der Waals surface area contributed by atoms with Gasteiger partial charge in [0.25, 0.3) is 0 Å². The molecule has 2 aliphatic rings. The van der Waals surface area contributed by atoms with Gasteiger partial charge < -0.3 is 25.0 Å². The fourth-order valence-electron chi connectivity index (χ4n) is 4.80. The zero-order valence-corrected chi connectivity index (χ0v) is 19.3. The van der Waals surface area contributed by atoms with Gasteiger partial charge in [0.15, 0.2) is 11.5 Å². The van der Waals surface area contributed by atoms with Gasteiger partial charge in [-0.2, -0.15) is 0 Å². The first-order valence-electron chi connectivity index (χ1n) is 11.4. The third kappa shape index (κ3) is 4.93. The van der Waals surface area contributed by atoms with Crippen molar-refractivity contribution in [3.63, 3.8) is 0 Å². The van der Waals surface area contributed by atoms with E-state index in [0.717, 1.165) is 26.1 Å². The fraction of sp³-hybridized carbons (Fsp3) is 0.480. The van der Waals surface area contributed by atoms with Gasteiger partial charge in [-0.25, -0.2) is 4.79 Å². The van der Waals surface area contributed by atoms with Gasteiger partial charge in [-0.1, -0.05) is 12.1 Å². The highest BCUT2D eigenvalue weighted by molar-refractivity contribution is 5.89. The average molecular weight is 439 g/mol. The number of nitrogens with one attached hydrogen (secondary N) is 2. The Kier molecular flexibility index (Phi) is 7.05. The average Bonchev–Trinajstić information content (AvgIpc) is 3.34. The molecule has 2 N–H and O–H groups in total. The summed E-state index contributed by atoms with van der Waals surface area (Å²) in [7, 11) is 5.34. The molecule has 172 valence electrons. The third-order valence-corrected chi connectivity index (χ3v) is 6.52. The molecule has 2 aliphatic heterocycles. The highest BCUT2D eigenvalue weighted by Crippen LogP contribution is 2.32. The predicted molar refractivity (Wildman–Crippen MR) is 128 cm³/mol. The van der Waals surface area contributed by atoms with Crippen molar-refractivity contribution in [1.29, 1.82) is 0 Å². The number of nitrogens with zero attached hydrogens (tertiary/aromatic N) is 2. The zero-order valence-electron chi connectivity index (χ0n) is 19.3. The number of benzene rings is 2. The van der Waals surface area contributed by atoms with E-state index in [9.17, 15) is 4.79 Å². The van der Waals surface area contributed by atoms with Gasteiger partial charge in [0.05, 0.1) is 20.3 Å². The Labute approximate surface area is 190 Å². The first kappa shape index (κ1) is 22.3. The molecule has 1 fully saturated rings. The summed E-state index contributed by atoms with van der Waals surface area (Å²) in [5.41, 5.74) is 4.69. The summed E-state index contributed by atoms with van der Waals surface area (Å²) in [5, 5.41) is 6.00. The van der Waals surface area contributed by atoms with Crippen molar-refractivity contribution in [3.8, 4) is 11.5 Å². The van der Waals surface area contributed by atoms with Crippen LogP contribution in [-0.2, 0) is 6.42 Å². The minimum absolute atomic E-state index is 0.172. The predicted octanol–water partition coefficient (Wildman–Crippen LogP) is 4.04. The Morgan fingerprint density at radius 3 is 2.53 bits per heavy atom. The van der Waals surface area contributed by atoms with Gasteiger partial charge in [0.1, 0.15) is 0 Å². The van der Waals surface area contributed by atoms with E-state index in [-0.39, 0.29) is 12.1 Å². The minimum Gasteiger partial charge on any atom is -0.493 e. The van der Waals surface area contributed by atoms with Crippen molar-refractivity contribution >= 4 is 17.4 Å². The Morgan fingerprint density at radius 1 is 1.00 bits per heavy atom. The highest BCUT2D eigenvalue weighted by Gasteiger charge is 2.25. The SMILES string of the molecule is COc1ccc(NC(=O)NCC(c2ccc3c(c2)CCCN3C)N2CCCC2)cc1OC. The number of amides is 2. The molecule has 0 bridgehead atoms. The smallest absolute Gasteiger partial charge is 0.319 e. The van der Waals surface area contributed by atoms with Gasteiger partial charge in [0, 0.05) is 37.6 Å². The molecule has 2 heterocycles. The molecular weight excluding hydrogens is 404 g/mol. The number of aryl methyl sites for hydroxylation is 1. The van der Waals surface area contributed by atoms with Crippen molar-refractivity contribution in [3.05, 3.63) is 47.5 Å². The van der Waals surface area contributed by atoms with Crippen molar-refractivity contribution < 1.29 is 14.3 Å². The number of fused-ring (bicyclic) bond motifs is 1. The van der Waals surface area contributed by atoms with E-state index in [4.69, 9.17) is 9.47 Å². The lowest BCUT2D eigenvalue weighted by Crippen LogP contribution is -2.38. The molecule has 0 aliphatic carbocycles. The molecule has 1 atom stereocenters. The van der Waals surface area contributed by atoms with Crippen LogP contribution < -0.4 is 25.0 Å². The van der Waals surface area contributed by atoms with Crippen LogP contribution in [0.15, 0.2) is 36.4 Å². The van der Waals surface area contributed by atoms with Crippen LogP contribution in [-0.4, -0.2) is 58.4 Å². The lowest BCUT2D eigenvalue weighted by atomic mass is 9.96. The molecular formula is C25H34N4O3. The summed E-state index contributed by atoms with van der Waals surface area (Å²) < 4.78 is 10.6. The summed E-state index contributed by atoms with van der Waals surface area (Å²) in [6.45, 7) is 3.81. The fourth-order valence-corrected chi connectivity index (χ4v) is 4.80. The Balaban J connectivity index is 1.45. The Hall–Kier alpha value is -2.93. The van der Waals surface area contributed by atoms with E-state index in [1.54, 1.807) is 32.4 Å². The maximum atomic E-state index is 12.7. The van der Waals surface area contributed by atoms with Crippen LogP contribution in [0.3, 0.4) is 0 Å². The number of hydrogen-bond donors (Lipinski definition) is 2. The van der Waals surface area contributed by atoms with Gasteiger partial charge in [-0.05, 0) is 68.1 Å². The molecule has 0 radical (unpaired) electrons. The first-order chi connectivity index (χ1) is 15.6. The largest absolute Gasteiger partial charge is 0.493 e. The van der Waals surface area contributed by atoms with Gasteiger partial charge >= 0.3 is 6.03 Å². The number of likely N-dealkylation sites (tertiary alicyclic amines) is 1. The Morgan fingerprint density at radius 2 is 1.78 bits per heavy atom. The van der Waals surface area contributed by atoms with Crippen LogP contribution in [0.2, 0.25) is 0 Å². The lowest BCUT2D eigenvalue weighted by molar-refractivity contribution is 0.227. The van der Waals surface area contributed by atoms with Crippen LogP contribution in [0.25, 0.3) is 0 Å². The first-order valence-corrected chi connectivity index (χ1v) is 11.4. The maximum Gasteiger partial charge on any atom is 0.319 e. The van der Waals surface area contributed by atoms with E-state index in [1.165, 1.54) is 36.1 Å². The van der Waals surface area contributed by atoms with Crippen molar-refractivity contribution in [2.75, 3.05) is 57.7 Å². The van der Waals surface area contributed by atoms with E-state index in [1.807, 2.05) is 0 Å². The number of urea groups is 1. The third-order valence-electron chi connectivity index (χ3n) is 6.52. The number of carbonyl (C=O) groups is 1. The Bertz CT molecular complexity index is 943. The molecule has 32 heavy (non-hydrogen) atoms. The number of ether oxygens (including phenoxy) is 2. The van der Waals surface area contributed by atoms with Crippen LogP contribution in [0, 0.1) is 0 Å². The normalized spacial score (nSPS) is 16.9. The van der Waals surface area contributed by atoms with Crippen LogP contribution in [0.5, 0.6) is 11.5 Å². The van der Waals surface area contributed by atoms with Crippen molar-refractivity contribution in [2.45, 2.75) is 31.7 Å². The molecule has 1 saturated heterocycles. The summed E-state index contributed by atoms with van der Waals surface area (Å²) in [6, 6.07) is 12.1. The summed E-state index contributed by atoms with van der Waals surface area (Å²) >= 11 is 0. The number of carbonyl (C=O) groups excluding carboxylic acids is 1. The number of hydrogen-bond acceptors (Lipinski definition) is 5. The molecule has 7 heteroatoms. The van der Waals surface area contributed by atoms with Crippen molar-refractivity contribution in [2.24, 2.45) is 0 Å². The summed E-state index contributed by atoms with van der Waals surface area (Å²) in [5.74, 6) is 1.21. The molecule has 2 amide bonds. The molecule has 4 rings (SSSR count). The molecule has 1 unspecified atom stereocenters. The summed E-state index contributed by atoms with van der Waals surface area (Å²) in [4.78, 5) is 17.5. The molecule has 2 aromatic rings.